The lowest BCUT2D eigenvalue weighted by Gasteiger charge is -2.00. The fourth-order valence-electron chi connectivity index (χ4n) is 0.908. The van der Waals surface area contributed by atoms with Crippen LogP contribution in [0.1, 0.15) is 33.1 Å². The summed E-state index contributed by atoms with van der Waals surface area (Å²) >= 11 is 0. The van der Waals surface area contributed by atoms with Gasteiger partial charge in [-0.2, -0.15) is 0 Å². The molecule has 0 bridgehead atoms. The van der Waals surface area contributed by atoms with Crippen molar-refractivity contribution >= 4 is 5.97 Å². The van der Waals surface area contributed by atoms with Crippen molar-refractivity contribution in [1.82, 2.24) is 0 Å². The van der Waals surface area contributed by atoms with Crippen LogP contribution in [0.25, 0.3) is 0 Å². The lowest BCUT2D eigenvalue weighted by atomic mass is 10.1. The third kappa shape index (κ3) is 5.05. The third-order valence-corrected chi connectivity index (χ3v) is 1.54. The second-order valence-corrected chi connectivity index (χ2v) is 2.59. The van der Waals surface area contributed by atoms with E-state index in [-0.39, 0.29) is 5.97 Å². The minimum atomic E-state index is -0.346. The minimum Gasteiger partial charge on any atom is -0.431 e. The molecule has 0 aromatic rings. The van der Waals surface area contributed by atoms with Gasteiger partial charge in [0.05, 0.1) is 11.8 Å². The summed E-state index contributed by atoms with van der Waals surface area (Å²) < 4.78 is 4.66. The topological polar surface area (TPSA) is 26.3 Å². The van der Waals surface area contributed by atoms with Crippen LogP contribution in [0, 0.1) is 0 Å². The van der Waals surface area contributed by atoms with Crippen LogP contribution in [0.2, 0.25) is 0 Å². The highest BCUT2D eigenvalue weighted by Crippen LogP contribution is 2.07. The Hall–Kier alpha value is -1.27. The molecule has 0 radical (unpaired) electrons. The van der Waals surface area contributed by atoms with Crippen LogP contribution in [0.15, 0.2) is 30.2 Å². The van der Waals surface area contributed by atoms with Gasteiger partial charge in [-0.05, 0) is 25.8 Å². The van der Waals surface area contributed by atoms with Crippen molar-refractivity contribution in [2.45, 2.75) is 33.1 Å². The molecule has 0 aromatic carbocycles. The Labute approximate surface area is 79.6 Å². The zero-order chi connectivity index (χ0) is 10.1. The van der Waals surface area contributed by atoms with Crippen molar-refractivity contribution in [2.24, 2.45) is 0 Å². The van der Waals surface area contributed by atoms with Gasteiger partial charge in [-0.25, -0.2) is 4.79 Å². The van der Waals surface area contributed by atoms with Crippen LogP contribution in [0.5, 0.6) is 0 Å². The van der Waals surface area contributed by atoms with Gasteiger partial charge in [0.2, 0.25) is 0 Å². The van der Waals surface area contributed by atoms with E-state index in [1.807, 2.05) is 6.92 Å². The number of rotatable bonds is 5. The van der Waals surface area contributed by atoms with E-state index >= 15 is 0 Å². The molecule has 0 rings (SSSR count). The van der Waals surface area contributed by atoms with E-state index < -0.39 is 0 Å². The molecule has 0 unspecified atom stereocenters. The first kappa shape index (κ1) is 11.7. The molecule has 0 saturated carbocycles. The molecule has 0 aliphatic heterocycles. The van der Waals surface area contributed by atoms with Crippen molar-refractivity contribution in [2.75, 3.05) is 0 Å². The summed E-state index contributed by atoms with van der Waals surface area (Å²) in [7, 11) is 0. The quantitative estimate of drug-likeness (QED) is 0.281. The Morgan fingerprint density at radius 1 is 1.62 bits per heavy atom. The van der Waals surface area contributed by atoms with Gasteiger partial charge in [0.25, 0.3) is 0 Å². The molecule has 0 aliphatic rings. The predicted octanol–water partition coefficient (Wildman–Crippen LogP) is 2.96. The van der Waals surface area contributed by atoms with E-state index in [9.17, 15) is 4.79 Å². The lowest BCUT2D eigenvalue weighted by molar-refractivity contribution is -0.133. The maximum Gasteiger partial charge on any atom is 0.346 e. The van der Waals surface area contributed by atoms with Crippen molar-refractivity contribution < 1.29 is 9.53 Å². The Kier molecular flexibility index (Phi) is 6.66. The number of ether oxygens (including phenoxy) is 1. The molecule has 0 amide bonds. The standard InChI is InChI=1S/C11H16O2/c1-4-7-9-10(8-5-2)11(12)13-6-3/h5-6H,3-4,7,9H2,1-2H3. The molecular weight excluding hydrogens is 164 g/mol. The van der Waals surface area contributed by atoms with E-state index in [1.165, 1.54) is 0 Å². The van der Waals surface area contributed by atoms with Crippen LogP contribution < -0.4 is 0 Å². The van der Waals surface area contributed by atoms with Gasteiger partial charge < -0.3 is 4.74 Å². The molecule has 2 nitrogen and oxygen atoms in total. The molecule has 0 N–H and O–H groups in total. The molecule has 0 aromatic heterocycles. The number of carbonyl (C=O) groups is 1. The molecule has 72 valence electrons. The van der Waals surface area contributed by atoms with Crippen molar-refractivity contribution in [3.8, 4) is 0 Å². The van der Waals surface area contributed by atoms with Crippen LogP contribution in [0.3, 0.4) is 0 Å². The van der Waals surface area contributed by atoms with E-state index in [0.717, 1.165) is 19.1 Å². The molecule has 0 saturated heterocycles. The third-order valence-electron chi connectivity index (χ3n) is 1.54. The molecule has 2 heteroatoms. The van der Waals surface area contributed by atoms with Crippen LogP contribution >= 0.6 is 0 Å². The normalized spacial score (nSPS) is 8.46. The largest absolute Gasteiger partial charge is 0.431 e. The molecule has 0 aliphatic carbocycles. The number of unbranched alkanes of at least 4 members (excludes halogenated alkanes) is 1. The Bertz CT molecular complexity index is 232. The highest BCUT2D eigenvalue weighted by atomic mass is 16.5. The van der Waals surface area contributed by atoms with Crippen LogP contribution in [-0.4, -0.2) is 5.97 Å². The number of esters is 1. The zero-order valence-corrected chi connectivity index (χ0v) is 8.30. The van der Waals surface area contributed by atoms with Gasteiger partial charge in [0.15, 0.2) is 0 Å². The molecular formula is C11H16O2. The monoisotopic (exact) mass is 180 g/mol. The van der Waals surface area contributed by atoms with E-state index in [1.54, 1.807) is 6.08 Å². The fraction of sp³-hybridized carbons (Fsp3) is 0.455. The summed E-state index contributed by atoms with van der Waals surface area (Å²) in [6.45, 7) is 7.23. The number of carbonyl (C=O) groups excluding carboxylic acids is 1. The predicted molar refractivity (Wildman–Crippen MR) is 53.1 cm³/mol. The van der Waals surface area contributed by atoms with Gasteiger partial charge >= 0.3 is 5.97 Å². The summed E-state index contributed by atoms with van der Waals surface area (Å²) in [4.78, 5) is 11.2. The summed E-state index contributed by atoms with van der Waals surface area (Å²) in [6.07, 6.45) is 5.60. The van der Waals surface area contributed by atoms with E-state index in [4.69, 9.17) is 0 Å². The zero-order valence-electron chi connectivity index (χ0n) is 8.30. The smallest absolute Gasteiger partial charge is 0.346 e. The average Bonchev–Trinajstić information content (AvgIpc) is 2.12. The van der Waals surface area contributed by atoms with Gasteiger partial charge in [-0.1, -0.05) is 19.9 Å². The maximum atomic E-state index is 11.2. The van der Waals surface area contributed by atoms with Gasteiger partial charge in [0, 0.05) is 0 Å². The highest BCUT2D eigenvalue weighted by molar-refractivity contribution is 5.88. The summed E-state index contributed by atoms with van der Waals surface area (Å²) in [5.74, 6) is -0.346. The minimum absolute atomic E-state index is 0.346. The van der Waals surface area contributed by atoms with Crippen molar-refractivity contribution in [1.29, 1.82) is 0 Å². The number of hydrogen-bond acceptors (Lipinski definition) is 2. The van der Waals surface area contributed by atoms with Crippen LogP contribution in [0.4, 0.5) is 0 Å². The first-order valence-corrected chi connectivity index (χ1v) is 4.48. The fourth-order valence-corrected chi connectivity index (χ4v) is 0.908. The average molecular weight is 180 g/mol. The highest BCUT2D eigenvalue weighted by Gasteiger charge is 2.07. The number of hydrogen-bond donors (Lipinski definition) is 0. The van der Waals surface area contributed by atoms with Crippen LogP contribution in [-0.2, 0) is 9.53 Å². The molecule has 0 spiro atoms. The van der Waals surface area contributed by atoms with Crippen molar-refractivity contribution in [3.05, 3.63) is 30.2 Å². The Morgan fingerprint density at radius 3 is 2.77 bits per heavy atom. The second-order valence-electron chi connectivity index (χ2n) is 2.59. The summed E-state index contributed by atoms with van der Waals surface area (Å²) in [5, 5.41) is 0. The van der Waals surface area contributed by atoms with Crippen molar-refractivity contribution in [3.63, 3.8) is 0 Å². The Balaban J connectivity index is 4.34. The summed E-state index contributed by atoms with van der Waals surface area (Å²) in [5.41, 5.74) is 3.46. The van der Waals surface area contributed by atoms with Gasteiger partial charge in [-0.3, -0.25) is 0 Å². The first-order chi connectivity index (χ1) is 6.26. The van der Waals surface area contributed by atoms with Gasteiger partial charge in [0.1, 0.15) is 0 Å². The molecule has 13 heavy (non-hydrogen) atoms. The lowest BCUT2D eigenvalue weighted by Crippen LogP contribution is -2.03. The molecule has 0 fully saturated rings. The molecule has 0 atom stereocenters. The Morgan fingerprint density at radius 2 is 2.31 bits per heavy atom. The first-order valence-electron chi connectivity index (χ1n) is 4.48. The maximum absolute atomic E-state index is 11.2. The van der Waals surface area contributed by atoms with E-state index in [2.05, 4.69) is 24.0 Å². The SMILES string of the molecule is C=COC(=O)C(=C=CC)CCCC. The molecule has 0 heterocycles. The van der Waals surface area contributed by atoms with Gasteiger partial charge in [-0.15, -0.1) is 5.73 Å². The van der Waals surface area contributed by atoms with E-state index in [0.29, 0.717) is 12.0 Å². The second kappa shape index (κ2) is 7.38. The summed E-state index contributed by atoms with van der Waals surface area (Å²) in [6, 6.07) is 0.